The zero-order chi connectivity index (χ0) is 13.5. The number of terminal acetylenes is 1. The zero-order valence-corrected chi connectivity index (χ0v) is 11.0. The molecule has 0 unspecified atom stereocenters. The Balaban J connectivity index is 0.000000771. The van der Waals surface area contributed by atoms with Crippen LogP contribution in [0.5, 0.6) is 0 Å². The fourth-order valence-corrected chi connectivity index (χ4v) is 1.93. The third kappa shape index (κ3) is 2.36. The second-order valence-corrected chi connectivity index (χ2v) is 3.53. The molecule has 0 N–H and O–H groups in total. The van der Waals surface area contributed by atoms with E-state index >= 15 is 0 Å². The van der Waals surface area contributed by atoms with Gasteiger partial charge in [-0.1, -0.05) is 69.3 Å². The summed E-state index contributed by atoms with van der Waals surface area (Å²) >= 11 is 0. The normalized spacial score (nSPS) is 8.94. The van der Waals surface area contributed by atoms with Crippen molar-refractivity contribution in [3.8, 4) is 12.3 Å². The zero-order valence-electron chi connectivity index (χ0n) is 11.0. The molecule has 0 spiro atoms. The topological polar surface area (TPSA) is 0 Å². The van der Waals surface area contributed by atoms with E-state index in [0.717, 1.165) is 27.5 Å². The van der Waals surface area contributed by atoms with Crippen molar-refractivity contribution >= 4 is 22.9 Å². The predicted octanol–water partition coefficient (Wildman–Crippen LogP) is 5.13. The largest absolute Gasteiger partial charge is 0.115 e. The molecule has 0 heteroatoms. The van der Waals surface area contributed by atoms with E-state index in [9.17, 15) is 0 Å². The summed E-state index contributed by atoms with van der Waals surface area (Å²) in [6, 6.07) is 10.2. The van der Waals surface area contributed by atoms with E-state index in [2.05, 4.69) is 31.2 Å². The third-order valence-corrected chi connectivity index (χ3v) is 2.69. The summed E-state index contributed by atoms with van der Waals surface area (Å²) in [5, 5.41) is 2.22. The smallest absolute Gasteiger partial charge is 0.0399 e. The molecule has 0 amide bonds. The molecular weight excluding hydrogens is 216 g/mol. The number of hydrogen-bond donors (Lipinski definition) is 0. The summed E-state index contributed by atoms with van der Waals surface area (Å²) in [6.07, 6.45) is 9.18. The summed E-state index contributed by atoms with van der Waals surface area (Å²) < 4.78 is 0. The van der Waals surface area contributed by atoms with Gasteiger partial charge in [0.05, 0.1) is 0 Å². The van der Waals surface area contributed by atoms with E-state index in [4.69, 9.17) is 6.42 Å². The van der Waals surface area contributed by atoms with Crippen LogP contribution in [-0.4, -0.2) is 0 Å². The molecule has 0 nitrogen and oxygen atoms in total. The summed E-state index contributed by atoms with van der Waals surface area (Å²) in [5.74, 6) is 2.75. The molecule has 0 saturated carbocycles. The van der Waals surface area contributed by atoms with Crippen molar-refractivity contribution in [2.24, 2.45) is 0 Å². The summed E-state index contributed by atoms with van der Waals surface area (Å²) in [6.45, 7) is 11.6. The molecule has 0 radical (unpaired) electrons. The summed E-state index contributed by atoms with van der Waals surface area (Å²) in [5.41, 5.74) is 2.90. The van der Waals surface area contributed by atoms with E-state index in [1.54, 1.807) is 6.08 Å². The first kappa shape index (κ1) is 13.8. The molecule has 0 aliphatic heterocycles. The average molecular weight is 234 g/mol. The van der Waals surface area contributed by atoms with Crippen LogP contribution in [-0.2, 0) is 0 Å². The predicted molar refractivity (Wildman–Crippen MR) is 83.4 cm³/mol. The van der Waals surface area contributed by atoms with Crippen LogP contribution >= 0.6 is 0 Å². The standard InChI is InChI=1S/C16H12.C2H6/c1-4-12-11-13-9-7-8-10-16(13)15(6-3)14(12)5-2;1-2/h3-5,7-11H,1-2H2;1-2H3. The van der Waals surface area contributed by atoms with E-state index in [1.165, 1.54) is 0 Å². The Bertz CT molecular complexity index is 610. The van der Waals surface area contributed by atoms with Crippen LogP contribution in [0.2, 0.25) is 0 Å². The van der Waals surface area contributed by atoms with Crippen LogP contribution in [0.25, 0.3) is 22.9 Å². The highest BCUT2D eigenvalue weighted by atomic mass is 14.1. The minimum atomic E-state index is 0.892. The van der Waals surface area contributed by atoms with E-state index in [0.29, 0.717) is 0 Å². The molecule has 0 saturated heterocycles. The van der Waals surface area contributed by atoms with Crippen LogP contribution in [0.1, 0.15) is 30.5 Å². The van der Waals surface area contributed by atoms with Gasteiger partial charge in [0.1, 0.15) is 0 Å². The van der Waals surface area contributed by atoms with E-state index < -0.39 is 0 Å². The lowest BCUT2D eigenvalue weighted by molar-refractivity contribution is 1.50. The molecule has 0 fully saturated rings. The monoisotopic (exact) mass is 234 g/mol. The van der Waals surface area contributed by atoms with Gasteiger partial charge in [0.25, 0.3) is 0 Å². The molecule has 0 heterocycles. The highest BCUT2D eigenvalue weighted by Gasteiger charge is 2.06. The fraction of sp³-hybridized carbons (Fsp3) is 0.111. The van der Waals surface area contributed by atoms with Crippen molar-refractivity contribution in [3.63, 3.8) is 0 Å². The van der Waals surface area contributed by atoms with Gasteiger partial charge in [0, 0.05) is 5.56 Å². The van der Waals surface area contributed by atoms with Crippen molar-refractivity contribution in [1.82, 2.24) is 0 Å². The minimum Gasteiger partial charge on any atom is -0.115 e. The van der Waals surface area contributed by atoms with Crippen molar-refractivity contribution in [1.29, 1.82) is 0 Å². The molecule has 2 aromatic carbocycles. The van der Waals surface area contributed by atoms with Gasteiger partial charge in [0.15, 0.2) is 0 Å². The van der Waals surface area contributed by atoms with Gasteiger partial charge in [-0.3, -0.25) is 0 Å². The first-order valence-electron chi connectivity index (χ1n) is 6.09. The summed E-state index contributed by atoms with van der Waals surface area (Å²) in [4.78, 5) is 0. The molecule has 0 aliphatic carbocycles. The van der Waals surface area contributed by atoms with Crippen LogP contribution in [0.3, 0.4) is 0 Å². The fourth-order valence-electron chi connectivity index (χ4n) is 1.93. The molecule has 0 aliphatic rings. The molecular formula is C18H18. The lowest BCUT2D eigenvalue weighted by Crippen LogP contribution is -1.89. The SMILES string of the molecule is C#Cc1c(C=C)c(C=C)cc2ccccc12.CC. The maximum atomic E-state index is 5.58. The first-order chi connectivity index (χ1) is 8.81. The molecule has 2 aromatic rings. The second kappa shape index (κ2) is 6.47. The third-order valence-electron chi connectivity index (χ3n) is 2.69. The van der Waals surface area contributed by atoms with Crippen molar-refractivity contribution < 1.29 is 0 Å². The lowest BCUT2D eigenvalue weighted by Gasteiger charge is -2.09. The minimum absolute atomic E-state index is 0.892. The van der Waals surface area contributed by atoms with Crippen molar-refractivity contribution in [2.45, 2.75) is 13.8 Å². The Labute approximate surface area is 110 Å². The van der Waals surface area contributed by atoms with E-state index in [1.807, 2.05) is 38.1 Å². The number of benzene rings is 2. The molecule has 18 heavy (non-hydrogen) atoms. The Hall–Kier alpha value is -2.26. The number of rotatable bonds is 2. The highest BCUT2D eigenvalue weighted by Crippen LogP contribution is 2.27. The van der Waals surface area contributed by atoms with Gasteiger partial charge >= 0.3 is 0 Å². The van der Waals surface area contributed by atoms with Gasteiger partial charge in [0.2, 0.25) is 0 Å². The lowest BCUT2D eigenvalue weighted by atomic mass is 9.94. The van der Waals surface area contributed by atoms with Gasteiger partial charge in [-0.05, 0) is 28.0 Å². The van der Waals surface area contributed by atoms with Gasteiger partial charge in [-0.25, -0.2) is 0 Å². The van der Waals surface area contributed by atoms with Gasteiger partial charge in [-0.2, -0.15) is 0 Å². The van der Waals surface area contributed by atoms with Crippen LogP contribution in [0, 0.1) is 12.3 Å². The Morgan fingerprint density at radius 2 is 1.78 bits per heavy atom. The van der Waals surface area contributed by atoms with Crippen LogP contribution in [0.4, 0.5) is 0 Å². The van der Waals surface area contributed by atoms with Crippen molar-refractivity contribution in [3.05, 3.63) is 60.2 Å². The maximum absolute atomic E-state index is 5.58. The highest BCUT2D eigenvalue weighted by molar-refractivity contribution is 5.94. The molecule has 2 rings (SSSR count). The molecule has 90 valence electrons. The van der Waals surface area contributed by atoms with Crippen molar-refractivity contribution in [2.75, 3.05) is 0 Å². The number of fused-ring (bicyclic) bond motifs is 1. The Morgan fingerprint density at radius 1 is 1.11 bits per heavy atom. The van der Waals surface area contributed by atoms with E-state index in [-0.39, 0.29) is 0 Å². The van der Waals surface area contributed by atoms with Crippen LogP contribution in [0.15, 0.2) is 43.5 Å². The summed E-state index contributed by atoms with van der Waals surface area (Å²) in [7, 11) is 0. The Kier molecular flexibility index (Phi) is 4.96. The molecule has 0 atom stereocenters. The first-order valence-corrected chi connectivity index (χ1v) is 6.09. The quantitative estimate of drug-likeness (QED) is 0.632. The average Bonchev–Trinajstić information content (AvgIpc) is 2.46. The molecule has 0 aromatic heterocycles. The maximum Gasteiger partial charge on any atom is 0.0399 e. The number of hydrogen-bond acceptors (Lipinski definition) is 0. The van der Waals surface area contributed by atoms with Gasteiger partial charge < -0.3 is 0 Å². The Morgan fingerprint density at radius 3 is 2.33 bits per heavy atom. The molecule has 0 bridgehead atoms. The van der Waals surface area contributed by atoms with Crippen LogP contribution < -0.4 is 0 Å². The second-order valence-electron chi connectivity index (χ2n) is 3.53. The van der Waals surface area contributed by atoms with Gasteiger partial charge in [-0.15, -0.1) is 6.42 Å².